The molecule has 26 heavy (non-hydrogen) atoms. The summed E-state index contributed by atoms with van der Waals surface area (Å²) in [7, 11) is 0. The molecule has 2 aromatic carbocycles. The Labute approximate surface area is 152 Å². The van der Waals surface area contributed by atoms with Crippen LogP contribution in [-0.4, -0.2) is 33.9 Å². The van der Waals surface area contributed by atoms with Crippen molar-refractivity contribution < 1.29 is 9.53 Å². The Kier molecular flexibility index (Phi) is 3.66. The van der Waals surface area contributed by atoms with Crippen LogP contribution >= 0.6 is 0 Å². The van der Waals surface area contributed by atoms with Crippen LogP contribution in [0, 0.1) is 5.92 Å². The van der Waals surface area contributed by atoms with Gasteiger partial charge in [-0.25, -0.2) is 4.98 Å². The molecule has 0 saturated carbocycles. The first kappa shape index (κ1) is 15.4. The molecule has 5 nitrogen and oxygen atoms in total. The van der Waals surface area contributed by atoms with E-state index in [2.05, 4.69) is 11.1 Å². The summed E-state index contributed by atoms with van der Waals surface area (Å²) in [5.74, 6) is 1.87. The topological polar surface area (TPSA) is 58.2 Å². The number of likely N-dealkylation sites (tertiary alicyclic amines) is 1. The zero-order valence-electron chi connectivity index (χ0n) is 14.5. The number of nitrogens with zero attached hydrogens (tertiary/aromatic N) is 2. The van der Waals surface area contributed by atoms with Gasteiger partial charge in [0, 0.05) is 6.54 Å². The Morgan fingerprint density at radius 3 is 2.92 bits per heavy atom. The van der Waals surface area contributed by atoms with Crippen molar-refractivity contribution in [2.75, 3.05) is 13.2 Å². The summed E-state index contributed by atoms with van der Waals surface area (Å²) in [5, 5.41) is 0. The van der Waals surface area contributed by atoms with Gasteiger partial charge in [0.1, 0.15) is 18.2 Å². The molecule has 0 aliphatic carbocycles. The molecule has 5 rings (SSSR count). The molecule has 1 N–H and O–H groups in total. The van der Waals surface area contributed by atoms with Gasteiger partial charge in [-0.2, -0.15) is 0 Å². The monoisotopic (exact) mass is 347 g/mol. The molecule has 2 atom stereocenters. The maximum atomic E-state index is 13.2. The van der Waals surface area contributed by atoms with E-state index in [9.17, 15) is 4.79 Å². The summed E-state index contributed by atoms with van der Waals surface area (Å²) in [6.45, 7) is 1.25. The maximum absolute atomic E-state index is 13.2. The van der Waals surface area contributed by atoms with Gasteiger partial charge in [-0.1, -0.05) is 30.3 Å². The number of hydrogen-bond donors (Lipinski definition) is 1. The van der Waals surface area contributed by atoms with Crippen LogP contribution in [0.5, 0.6) is 5.75 Å². The molecular weight excluding hydrogens is 326 g/mol. The number of aromatic nitrogens is 2. The van der Waals surface area contributed by atoms with Gasteiger partial charge >= 0.3 is 0 Å². The number of H-pyrrole nitrogens is 1. The van der Waals surface area contributed by atoms with Gasteiger partial charge in [-0.05, 0) is 43.0 Å². The average Bonchev–Trinajstić information content (AvgIpc) is 3.33. The van der Waals surface area contributed by atoms with Crippen LogP contribution in [0.2, 0.25) is 0 Å². The highest BCUT2D eigenvalue weighted by Crippen LogP contribution is 2.35. The molecule has 0 unspecified atom stereocenters. The van der Waals surface area contributed by atoms with E-state index in [0.29, 0.717) is 6.61 Å². The minimum absolute atomic E-state index is 0.0343. The van der Waals surface area contributed by atoms with Crippen LogP contribution < -0.4 is 4.74 Å². The number of ether oxygens (including phenoxy) is 1. The molecule has 132 valence electrons. The summed E-state index contributed by atoms with van der Waals surface area (Å²) in [6.07, 6.45) is 2.71. The highest BCUT2D eigenvalue weighted by atomic mass is 16.5. The van der Waals surface area contributed by atoms with Crippen molar-refractivity contribution in [2.45, 2.75) is 25.3 Å². The number of carbonyl (C=O) groups excluding carboxylic acids is 1. The Morgan fingerprint density at radius 2 is 2.00 bits per heavy atom. The van der Waals surface area contributed by atoms with Crippen LogP contribution in [-0.2, 0) is 11.2 Å². The quantitative estimate of drug-likeness (QED) is 0.772. The second-order valence-electron chi connectivity index (χ2n) is 7.15. The van der Waals surface area contributed by atoms with Crippen LogP contribution in [0.1, 0.15) is 30.3 Å². The Morgan fingerprint density at radius 1 is 1.15 bits per heavy atom. The first-order valence-electron chi connectivity index (χ1n) is 9.25. The summed E-state index contributed by atoms with van der Waals surface area (Å²) in [4.78, 5) is 23.3. The van der Waals surface area contributed by atoms with Crippen LogP contribution in [0.4, 0.5) is 0 Å². The lowest BCUT2D eigenvalue weighted by atomic mass is 9.95. The fourth-order valence-electron chi connectivity index (χ4n) is 4.17. The number of benzene rings is 2. The van der Waals surface area contributed by atoms with Crippen LogP contribution in [0.15, 0.2) is 48.5 Å². The third kappa shape index (κ3) is 2.55. The smallest absolute Gasteiger partial charge is 0.230 e. The lowest BCUT2D eigenvalue weighted by molar-refractivity contribution is -0.138. The van der Waals surface area contributed by atoms with E-state index in [4.69, 9.17) is 9.72 Å². The van der Waals surface area contributed by atoms with Crippen molar-refractivity contribution in [1.29, 1.82) is 0 Å². The number of para-hydroxylation sites is 3. The number of amides is 1. The minimum atomic E-state index is -0.116. The maximum Gasteiger partial charge on any atom is 0.230 e. The molecule has 1 amide bonds. The van der Waals surface area contributed by atoms with E-state index in [1.807, 2.05) is 47.4 Å². The number of fused-ring (bicyclic) bond motifs is 2. The first-order valence-corrected chi connectivity index (χ1v) is 9.25. The largest absolute Gasteiger partial charge is 0.492 e. The third-order valence-corrected chi connectivity index (χ3v) is 5.49. The molecule has 2 aliphatic heterocycles. The summed E-state index contributed by atoms with van der Waals surface area (Å²) < 4.78 is 5.83. The summed E-state index contributed by atoms with van der Waals surface area (Å²) in [5.41, 5.74) is 3.10. The predicted octanol–water partition coefficient (Wildman–Crippen LogP) is 3.48. The third-order valence-electron chi connectivity index (χ3n) is 5.49. The highest BCUT2D eigenvalue weighted by molar-refractivity contribution is 5.81. The number of carbonyl (C=O) groups is 1. The zero-order chi connectivity index (χ0) is 17.5. The normalized spacial score (nSPS) is 22.2. The minimum Gasteiger partial charge on any atom is -0.492 e. The number of aromatic amines is 1. The Bertz CT molecular complexity index is 932. The Hall–Kier alpha value is -2.82. The predicted molar refractivity (Wildman–Crippen MR) is 98.9 cm³/mol. The van der Waals surface area contributed by atoms with Crippen LogP contribution in [0.3, 0.4) is 0 Å². The standard InChI is InChI=1S/C21H21N3O2/c25-21(15-12-14-6-1-4-10-19(14)26-13-15)24-11-5-9-18(24)20-22-16-7-2-3-8-17(16)23-20/h1-4,6-8,10,15,18H,5,9,11-13H2,(H,22,23)/t15-,18-/m1/s1. The molecular formula is C21H21N3O2. The lowest BCUT2D eigenvalue weighted by Gasteiger charge is -2.30. The van der Waals surface area contributed by atoms with Crippen LogP contribution in [0.25, 0.3) is 11.0 Å². The van der Waals surface area contributed by atoms with E-state index in [1.165, 1.54) is 0 Å². The van der Waals surface area contributed by atoms with Crippen molar-refractivity contribution in [1.82, 2.24) is 14.9 Å². The molecule has 5 heteroatoms. The average molecular weight is 347 g/mol. The Balaban J connectivity index is 1.39. The molecule has 0 bridgehead atoms. The van der Waals surface area contributed by atoms with E-state index in [-0.39, 0.29) is 17.9 Å². The zero-order valence-corrected chi connectivity index (χ0v) is 14.5. The van der Waals surface area contributed by atoms with E-state index < -0.39 is 0 Å². The van der Waals surface area contributed by atoms with Gasteiger partial charge in [0.15, 0.2) is 0 Å². The number of imidazole rings is 1. The van der Waals surface area contributed by atoms with E-state index in [0.717, 1.165) is 54.0 Å². The molecule has 1 fully saturated rings. The number of hydrogen-bond acceptors (Lipinski definition) is 3. The second kappa shape index (κ2) is 6.16. The molecule has 3 heterocycles. The van der Waals surface area contributed by atoms with E-state index >= 15 is 0 Å². The highest BCUT2D eigenvalue weighted by Gasteiger charge is 2.37. The number of nitrogens with one attached hydrogen (secondary N) is 1. The van der Waals surface area contributed by atoms with Gasteiger partial charge < -0.3 is 14.6 Å². The van der Waals surface area contributed by atoms with Gasteiger partial charge in [-0.15, -0.1) is 0 Å². The SMILES string of the molecule is O=C([C@H]1COc2ccccc2C1)N1CCC[C@@H]1c1nc2ccccc2[nH]1. The summed E-state index contributed by atoms with van der Waals surface area (Å²) in [6, 6.07) is 16.0. The molecule has 1 aromatic heterocycles. The van der Waals surface area contributed by atoms with Gasteiger partial charge in [-0.3, -0.25) is 4.79 Å². The van der Waals surface area contributed by atoms with Crippen molar-refractivity contribution in [3.05, 3.63) is 59.9 Å². The fraction of sp³-hybridized carbons (Fsp3) is 0.333. The fourth-order valence-corrected chi connectivity index (χ4v) is 4.17. The van der Waals surface area contributed by atoms with Crippen molar-refractivity contribution in [2.24, 2.45) is 5.92 Å². The van der Waals surface area contributed by atoms with Crippen molar-refractivity contribution >= 4 is 16.9 Å². The van der Waals surface area contributed by atoms with Gasteiger partial charge in [0.05, 0.1) is 23.0 Å². The number of rotatable bonds is 2. The second-order valence-corrected chi connectivity index (χ2v) is 7.15. The van der Waals surface area contributed by atoms with Gasteiger partial charge in [0.25, 0.3) is 0 Å². The van der Waals surface area contributed by atoms with E-state index in [1.54, 1.807) is 0 Å². The van der Waals surface area contributed by atoms with Gasteiger partial charge in [0.2, 0.25) is 5.91 Å². The molecule has 0 radical (unpaired) electrons. The molecule has 1 saturated heterocycles. The van der Waals surface area contributed by atoms with Crippen molar-refractivity contribution in [3.8, 4) is 5.75 Å². The first-order chi connectivity index (χ1) is 12.8. The molecule has 3 aromatic rings. The summed E-state index contributed by atoms with van der Waals surface area (Å²) >= 11 is 0. The lowest BCUT2D eigenvalue weighted by Crippen LogP contribution is -2.40. The van der Waals surface area contributed by atoms with Crippen molar-refractivity contribution in [3.63, 3.8) is 0 Å². The molecule has 2 aliphatic rings. The molecule has 0 spiro atoms.